The SMILES string of the molecule is CNC1CCN(C2CCCC2SC)C(C)C1C. The van der Waals surface area contributed by atoms with Crippen LogP contribution in [0.15, 0.2) is 0 Å². The van der Waals surface area contributed by atoms with Crippen LogP contribution in [0.25, 0.3) is 0 Å². The maximum Gasteiger partial charge on any atom is 0.0217 e. The Morgan fingerprint density at radius 3 is 2.59 bits per heavy atom. The van der Waals surface area contributed by atoms with E-state index in [1.807, 2.05) is 0 Å². The van der Waals surface area contributed by atoms with E-state index < -0.39 is 0 Å². The molecule has 2 aliphatic rings. The minimum absolute atomic E-state index is 0.718. The molecule has 1 aliphatic heterocycles. The van der Waals surface area contributed by atoms with Gasteiger partial charge in [0, 0.05) is 29.9 Å². The average Bonchev–Trinajstić information content (AvgIpc) is 2.80. The van der Waals surface area contributed by atoms with Gasteiger partial charge in [-0.25, -0.2) is 0 Å². The summed E-state index contributed by atoms with van der Waals surface area (Å²) in [6, 6.07) is 2.30. The molecule has 1 aliphatic carbocycles. The van der Waals surface area contributed by atoms with Crippen LogP contribution in [0.3, 0.4) is 0 Å². The van der Waals surface area contributed by atoms with Crippen molar-refractivity contribution in [1.82, 2.24) is 10.2 Å². The monoisotopic (exact) mass is 256 g/mol. The normalized spacial score (nSPS) is 44.1. The van der Waals surface area contributed by atoms with Gasteiger partial charge in [-0.15, -0.1) is 0 Å². The van der Waals surface area contributed by atoms with Gasteiger partial charge in [-0.2, -0.15) is 11.8 Å². The molecule has 1 saturated heterocycles. The summed E-state index contributed by atoms with van der Waals surface area (Å²) in [7, 11) is 2.11. The predicted octanol–water partition coefficient (Wildman–Crippen LogP) is 2.59. The molecule has 2 nitrogen and oxygen atoms in total. The molecule has 3 heteroatoms. The van der Waals surface area contributed by atoms with Crippen molar-refractivity contribution in [3.63, 3.8) is 0 Å². The second kappa shape index (κ2) is 5.94. The standard InChI is InChI=1S/C14H28N2S/c1-10-11(2)16(9-8-12(10)15-3)13-6-5-7-14(13)17-4/h10-15H,5-9H2,1-4H3. The van der Waals surface area contributed by atoms with E-state index in [2.05, 4.69) is 49.1 Å². The van der Waals surface area contributed by atoms with Gasteiger partial charge in [-0.1, -0.05) is 13.3 Å². The molecule has 0 radical (unpaired) electrons. The van der Waals surface area contributed by atoms with Crippen molar-refractivity contribution in [2.75, 3.05) is 19.8 Å². The van der Waals surface area contributed by atoms with Crippen LogP contribution in [0, 0.1) is 5.92 Å². The molecule has 0 amide bonds. The molecule has 5 unspecified atom stereocenters. The molecule has 0 bridgehead atoms. The first-order valence-corrected chi connectivity index (χ1v) is 8.43. The Balaban J connectivity index is 2.02. The summed E-state index contributed by atoms with van der Waals surface area (Å²) < 4.78 is 0. The van der Waals surface area contributed by atoms with Gasteiger partial charge >= 0.3 is 0 Å². The molecule has 100 valence electrons. The summed E-state index contributed by atoms with van der Waals surface area (Å²) in [5, 5.41) is 4.37. The molecular formula is C14H28N2S. The summed E-state index contributed by atoms with van der Waals surface area (Å²) >= 11 is 2.09. The fraction of sp³-hybridized carbons (Fsp3) is 1.00. The second-order valence-electron chi connectivity index (χ2n) is 5.79. The molecule has 17 heavy (non-hydrogen) atoms. The molecular weight excluding hydrogens is 228 g/mol. The number of rotatable bonds is 3. The minimum atomic E-state index is 0.718. The smallest absolute Gasteiger partial charge is 0.0217 e. The highest BCUT2D eigenvalue weighted by atomic mass is 32.2. The number of piperidine rings is 1. The summed E-state index contributed by atoms with van der Waals surface area (Å²) in [5.41, 5.74) is 0. The molecule has 0 aromatic rings. The maximum absolute atomic E-state index is 3.49. The quantitative estimate of drug-likeness (QED) is 0.835. The zero-order valence-corrected chi connectivity index (χ0v) is 12.6. The minimum Gasteiger partial charge on any atom is -0.317 e. The first-order valence-electron chi connectivity index (χ1n) is 7.14. The van der Waals surface area contributed by atoms with Crippen molar-refractivity contribution in [2.24, 2.45) is 5.92 Å². The van der Waals surface area contributed by atoms with E-state index in [1.165, 1.54) is 32.2 Å². The Hall–Kier alpha value is 0.270. The van der Waals surface area contributed by atoms with E-state index >= 15 is 0 Å². The first-order chi connectivity index (χ1) is 8.19. The van der Waals surface area contributed by atoms with Crippen LogP contribution in [-0.4, -0.2) is 48.1 Å². The molecule has 1 N–H and O–H groups in total. The molecule has 0 aromatic carbocycles. The van der Waals surface area contributed by atoms with Crippen LogP contribution < -0.4 is 5.32 Å². The largest absolute Gasteiger partial charge is 0.317 e. The highest BCUT2D eigenvalue weighted by Crippen LogP contribution is 2.36. The van der Waals surface area contributed by atoms with E-state index in [1.54, 1.807) is 0 Å². The highest BCUT2D eigenvalue weighted by Gasteiger charge is 2.39. The van der Waals surface area contributed by atoms with E-state index in [9.17, 15) is 0 Å². The Morgan fingerprint density at radius 2 is 1.94 bits per heavy atom. The van der Waals surface area contributed by atoms with Crippen molar-refractivity contribution in [1.29, 1.82) is 0 Å². The first kappa shape index (κ1) is 13.7. The van der Waals surface area contributed by atoms with Gasteiger partial charge in [0.05, 0.1) is 0 Å². The molecule has 0 spiro atoms. The van der Waals surface area contributed by atoms with Gasteiger partial charge in [0.15, 0.2) is 0 Å². The molecule has 1 heterocycles. The fourth-order valence-corrected chi connectivity index (χ4v) is 4.84. The van der Waals surface area contributed by atoms with Gasteiger partial charge in [0.1, 0.15) is 0 Å². The van der Waals surface area contributed by atoms with Crippen molar-refractivity contribution in [3.8, 4) is 0 Å². The molecule has 2 rings (SSSR count). The van der Waals surface area contributed by atoms with Crippen molar-refractivity contribution < 1.29 is 0 Å². The summed E-state index contributed by atoms with van der Waals surface area (Å²) in [6.45, 7) is 6.14. The zero-order chi connectivity index (χ0) is 12.4. The number of nitrogens with zero attached hydrogens (tertiary/aromatic N) is 1. The van der Waals surface area contributed by atoms with Crippen molar-refractivity contribution in [2.45, 2.75) is 62.9 Å². The van der Waals surface area contributed by atoms with Crippen LogP contribution >= 0.6 is 11.8 Å². The molecule has 1 saturated carbocycles. The Morgan fingerprint density at radius 1 is 1.18 bits per heavy atom. The lowest BCUT2D eigenvalue weighted by atomic mass is 9.86. The topological polar surface area (TPSA) is 15.3 Å². The van der Waals surface area contributed by atoms with Crippen LogP contribution in [0.4, 0.5) is 0 Å². The van der Waals surface area contributed by atoms with Crippen LogP contribution in [0.5, 0.6) is 0 Å². The molecule has 2 fully saturated rings. The average molecular weight is 256 g/mol. The lowest BCUT2D eigenvalue weighted by molar-refractivity contribution is 0.0526. The number of hydrogen-bond donors (Lipinski definition) is 1. The third-order valence-corrected chi connectivity index (χ3v) is 6.29. The van der Waals surface area contributed by atoms with Gasteiger partial charge in [-0.3, -0.25) is 4.90 Å². The maximum atomic E-state index is 3.49. The second-order valence-corrected chi connectivity index (χ2v) is 6.87. The van der Waals surface area contributed by atoms with Crippen LogP contribution in [0.1, 0.15) is 39.5 Å². The lowest BCUT2D eigenvalue weighted by Crippen LogP contribution is -2.56. The fourth-order valence-electron chi connectivity index (χ4n) is 3.83. The number of hydrogen-bond acceptors (Lipinski definition) is 3. The Kier molecular flexibility index (Phi) is 4.79. The summed E-state index contributed by atoms with van der Waals surface area (Å²) in [4.78, 5) is 2.81. The van der Waals surface area contributed by atoms with Gasteiger partial charge < -0.3 is 5.32 Å². The third-order valence-electron chi connectivity index (χ3n) is 5.13. The van der Waals surface area contributed by atoms with Gasteiger partial charge in [0.2, 0.25) is 0 Å². The zero-order valence-electron chi connectivity index (χ0n) is 11.8. The lowest BCUT2D eigenvalue weighted by Gasteiger charge is -2.46. The van der Waals surface area contributed by atoms with E-state index in [-0.39, 0.29) is 0 Å². The van der Waals surface area contributed by atoms with Crippen molar-refractivity contribution >= 4 is 11.8 Å². The molecule has 0 aromatic heterocycles. The van der Waals surface area contributed by atoms with Crippen molar-refractivity contribution in [3.05, 3.63) is 0 Å². The van der Waals surface area contributed by atoms with E-state index in [0.29, 0.717) is 0 Å². The van der Waals surface area contributed by atoms with Gasteiger partial charge in [0.25, 0.3) is 0 Å². The van der Waals surface area contributed by atoms with Crippen LogP contribution in [0.2, 0.25) is 0 Å². The number of nitrogens with one attached hydrogen (secondary N) is 1. The molecule has 5 atom stereocenters. The Labute approximate surface area is 111 Å². The van der Waals surface area contributed by atoms with E-state index in [4.69, 9.17) is 0 Å². The Bertz CT molecular complexity index is 246. The summed E-state index contributed by atoms with van der Waals surface area (Å²) in [5.74, 6) is 0.775. The number of thioether (sulfide) groups is 1. The predicted molar refractivity (Wildman–Crippen MR) is 77.7 cm³/mol. The number of likely N-dealkylation sites (tertiary alicyclic amines) is 1. The third kappa shape index (κ3) is 2.66. The van der Waals surface area contributed by atoms with Gasteiger partial charge in [-0.05, 0) is 45.4 Å². The summed E-state index contributed by atoms with van der Waals surface area (Å²) in [6.07, 6.45) is 7.89. The van der Waals surface area contributed by atoms with E-state index in [0.717, 1.165) is 29.3 Å². The van der Waals surface area contributed by atoms with Crippen LogP contribution in [-0.2, 0) is 0 Å². The highest BCUT2D eigenvalue weighted by molar-refractivity contribution is 7.99.